The summed E-state index contributed by atoms with van der Waals surface area (Å²) in [6, 6.07) is 9.67. The Hall–Kier alpha value is -2.45. The third-order valence-corrected chi connectivity index (χ3v) is 5.30. The second kappa shape index (κ2) is 5.64. The summed E-state index contributed by atoms with van der Waals surface area (Å²) in [5.41, 5.74) is 6.93. The van der Waals surface area contributed by atoms with Gasteiger partial charge in [0.15, 0.2) is 9.84 Å². The van der Waals surface area contributed by atoms with Gasteiger partial charge in [0, 0.05) is 6.26 Å². The predicted octanol–water partition coefficient (Wildman–Crippen LogP) is 2.15. The van der Waals surface area contributed by atoms with E-state index in [4.69, 9.17) is 5.73 Å². The van der Waals surface area contributed by atoms with E-state index < -0.39 is 9.84 Å². The van der Waals surface area contributed by atoms with Crippen LogP contribution in [0.1, 0.15) is 15.2 Å². The highest BCUT2D eigenvalue weighted by Crippen LogP contribution is 2.23. The van der Waals surface area contributed by atoms with Gasteiger partial charge in [-0.2, -0.15) is 5.10 Å². The molecule has 3 aromatic rings. The highest BCUT2D eigenvalue weighted by Gasteiger charge is 2.18. The quantitative estimate of drug-likeness (QED) is 0.730. The maximum absolute atomic E-state index is 12.4. The number of carbonyl (C=O) groups excluding carboxylic acids is 1. The number of aromatic nitrogens is 2. The van der Waals surface area contributed by atoms with Crippen molar-refractivity contribution in [3.05, 3.63) is 58.4 Å². The number of nitrogens with zero attached hydrogens (tertiary/aromatic N) is 2. The Morgan fingerprint density at radius 1 is 1.22 bits per heavy atom. The molecule has 0 aliphatic rings. The van der Waals surface area contributed by atoms with Gasteiger partial charge >= 0.3 is 0 Å². The third-order valence-electron chi connectivity index (χ3n) is 3.31. The average molecular weight is 347 g/mol. The van der Waals surface area contributed by atoms with Crippen molar-refractivity contribution in [1.82, 2.24) is 9.78 Å². The van der Waals surface area contributed by atoms with Gasteiger partial charge in [0.05, 0.1) is 27.2 Å². The Morgan fingerprint density at radius 2 is 1.91 bits per heavy atom. The van der Waals surface area contributed by atoms with Crippen LogP contribution in [0.2, 0.25) is 0 Å². The molecule has 23 heavy (non-hydrogen) atoms. The van der Waals surface area contributed by atoms with Gasteiger partial charge in [0.2, 0.25) is 5.78 Å². The number of benzene rings is 1. The van der Waals surface area contributed by atoms with Crippen molar-refractivity contribution in [3.63, 3.8) is 0 Å². The van der Waals surface area contributed by atoms with Gasteiger partial charge in [-0.3, -0.25) is 4.79 Å². The Bertz CT molecular complexity index is 956. The molecule has 2 aromatic heterocycles. The van der Waals surface area contributed by atoms with E-state index in [1.165, 1.54) is 34.3 Å². The van der Waals surface area contributed by atoms with Gasteiger partial charge in [0.25, 0.3) is 0 Å². The third kappa shape index (κ3) is 2.90. The van der Waals surface area contributed by atoms with E-state index in [9.17, 15) is 13.2 Å². The molecule has 0 saturated carbocycles. The Labute approximate surface area is 137 Å². The highest BCUT2D eigenvalue weighted by atomic mass is 32.2. The van der Waals surface area contributed by atoms with Crippen LogP contribution in [-0.2, 0) is 9.84 Å². The number of hydrogen-bond acceptors (Lipinski definition) is 6. The van der Waals surface area contributed by atoms with Crippen LogP contribution in [0, 0.1) is 0 Å². The number of nitrogen functional groups attached to an aromatic ring is 1. The molecule has 0 fully saturated rings. The number of carbonyl (C=O) groups is 1. The second-order valence-electron chi connectivity index (χ2n) is 4.93. The zero-order valence-corrected chi connectivity index (χ0v) is 13.8. The number of thiophene rings is 1. The molecule has 1 aromatic carbocycles. The molecule has 2 N–H and O–H groups in total. The summed E-state index contributed by atoms with van der Waals surface area (Å²) in [5, 5.41) is 5.95. The van der Waals surface area contributed by atoms with Gasteiger partial charge in [-0.25, -0.2) is 13.1 Å². The summed E-state index contributed by atoms with van der Waals surface area (Å²) in [6.07, 6.45) is 2.56. The van der Waals surface area contributed by atoms with Crippen molar-refractivity contribution >= 4 is 32.8 Å². The number of sulfone groups is 1. The zero-order valence-electron chi connectivity index (χ0n) is 12.1. The maximum atomic E-state index is 12.4. The van der Waals surface area contributed by atoms with Gasteiger partial charge in [0.1, 0.15) is 5.82 Å². The van der Waals surface area contributed by atoms with Gasteiger partial charge in [-0.15, -0.1) is 11.3 Å². The lowest BCUT2D eigenvalue weighted by Gasteiger charge is -2.06. The molecule has 0 amide bonds. The largest absolute Gasteiger partial charge is 0.383 e. The van der Waals surface area contributed by atoms with Crippen molar-refractivity contribution in [2.45, 2.75) is 4.90 Å². The van der Waals surface area contributed by atoms with Crippen LogP contribution < -0.4 is 5.73 Å². The summed E-state index contributed by atoms with van der Waals surface area (Å²) in [4.78, 5) is 13.2. The first-order valence-electron chi connectivity index (χ1n) is 6.60. The van der Waals surface area contributed by atoms with Crippen LogP contribution in [0.3, 0.4) is 0 Å². The van der Waals surface area contributed by atoms with E-state index >= 15 is 0 Å². The fraction of sp³-hybridized carbons (Fsp3) is 0.0667. The smallest absolute Gasteiger partial charge is 0.208 e. The minimum atomic E-state index is -3.26. The van der Waals surface area contributed by atoms with E-state index in [1.54, 1.807) is 24.3 Å². The molecule has 8 heteroatoms. The lowest BCUT2D eigenvalue weighted by molar-refractivity contribution is 0.104. The Balaban J connectivity index is 1.98. The number of hydrogen-bond donors (Lipinski definition) is 1. The maximum Gasteiger partial charge on any atom is 0.208 e. The monoisotopic (exact) mass is 347 g/mol. The first-order chi connectivity index (χ1) is 10.9. The molecule has 6 nitrogen and oxygen atoms in total. The Morgan fingerprint density at radius 3 is 2.48 bits per heavy atom. The van der Waals surface area contributed by atoms with E-state index in [0.29, 0.717) is 16.1 Å². The van der Waals surface area contributed by atoms with Crippen molar-refractivity contribution in [1.29, 1.82) is 0 Å². The van der Waals surface area contributed by atoms with Crippen molar-refractivity contribution in [2.75, 3.05) is 12.0 Å². The molecule has 2 heterocycles. The molecule has 0 radical (unpaired) electrons. The molecule has 0 spiro atoms. The normalized spacial score (nSPS) is 11.5. The highest BCUT2D eigenvalue weighted by molar-refractivity contribution is 7.90. The first-order valence-corrected chi connectivity index (χ1v) is 9.37. The molecule has 0 bridgehead atoms. The molecule has 0 unspecified atom stereocenters. The molecule has 0 atom stereocenters. The summed E-state index contributed by atoms with van der Waals surface area (Å²) in [6.45, 7) is 0. The molecule has 118 valence electrons. The molecular formula is C15H13N3O3S2. The van der Waals surface area contributed by atoms with Crippen LogP contribution in [0.4, 0.5) is 5.82 Å². The zero-order chi connectivity index (χ0) is 16.6. The number of rotatable bonds is 4. The van der Waals surface area contributed by atoms with Gasteiger partial charge < -0.3 is 5.73 Å². The van der Waals surface area contributed by atoms with E-state index in [2.05, 4.69) is 5.10 Å². The minimum absolute atomic E-state index is 0.184. The van der Waals surface area contributed by atoms with Crippen LogP contribution >= 0.6 is 11.3 Å². The van der Waals surface area contributed by atoms with E-state index in [-0.39, 0.29) is 16.5 Å². The summed E-state index contributed by atoms with van der Waals surface area (Å²) in [7, 11) is -3.26. The van der Waals surface area contributed by atoms with Gasteiger partial charge in [-0.05, 0) is 35.7 Å². The molecule has 0 saturated heterocycles. The molecule has 0 aliphatic carbocycles. The van der Waals surface area contributed by atoms with Crippen LogP contribution in [0.25, 0.3) is 5.69 Å². The van der Waals surface area contributed by atoms with Crippen LogP contribution in [0.5, 0.6) is 0 Å². The fourth-order valence-electron chi connectivity index (χ4n) is 2.11. The number of anilines is 1. The van der Waals surface area contributed by atoms with Crippen molar-refractivity contribution in [3.8, 4) is 5.69 Å². The predicted molar refractivity (Wildman–Crippen MR) is 88.8 cm³/mol. The van der Waals surface area contributed by atoms with E-state index in [0.717, 1.165) is 6.26 Å². The number of nitrogens with two attached hydrogens (primary N) is 1. The Kier molecular flexibility index (Phi) is 3.78. The summed E-state index contributed by atoms with van der Waals surface area (Å²) >= 11 is 1.34. The van der Waals surface area contributed by atoms with Crippen molar-refractivity contribution in [2.24, 2.45) is 0 Å². The number of ketones is 1. The average Bonchev–Trinajstić information content (AvgIpc) is 3.15. The van der Waals surface area contributed by atoms with Crippen molar-refractivity contribution < 1.29 is 13.2 Å². The fourth-order valence-corrected chi connectivity index (χ4v) is 3.42. The standard InChI is InChI=1S/C15H13N3O3S2/c1-23(20,21)11-6-4-10(5-7-11)18-15(16)12(9-17-18)14(19)13-3-2-8-22-13/h2-9H,16H2,1H3. The van der Waals surface area contributed by atoms with E-state index in [1.807, 2.05) is 5.38 Å². The molecule has 0 aliphatic heterocycles. The summed E-state index contributed by atoms with van der Waals surface area (Å²) in [5.74, 6) is 0.0343. The first kappa shape index (κ1) is 15.4. The minimum Gasteiger partial charge on any atom is -0.383 e. The molecular weight excluding hydrogens is 334 g/mol. The lowest BCUT2D eigenvalue weighted by Crippen LogP contribution is -2.06. The lowest BCUT2D eigenvalue weighted by atomic mass is 10.2. The molecule has 3 rings (SSSR count). The van der Waals surface area contributed by atoms with Crippen LogP contribution in [-0.4, -0.2) is 30.2 Å². The topological polar surface area (TPSA) is 95.0 Å². The van der Waals surface area contributed by atoms with Gasteiger partial charge in [-0.1, -0.05) is 6.07 Å². The van der Waals surface area contributed by atoms with Crippen LogP contribution in [0.15, 0.2) is 52.9 Å². The summed E-state index contributed by atoms with van der Waals surface area (Å²) < 4.78 is 24.4. The SMILES string of the molecule is CS(=O)(=O)c1ccc(-n2ncc(C(=O)c3cccs3)c2N)cc1. The second-order valence-corrected chi connectivity index (χ2v) is 7.89.